The highest BCUT2D eigenvalue weighted by atomic mass is 19.0. The van der Waals surface area contributed by atoms with Crippen LogP contribution in [0, 0.1) is 0 Å². The van der Waals surface area contributed by atoms with Crippen LogP contribution in [0.1, 0.15) is 19.8 Å². The van der Waals surface area contributed by atoms with E-state index in [-0.39, 0.29) is 10.5 Å². The largest absolute Gasteiger partial charge is 1.00 e. The second-order valence-electron chi connectivity index (χ2n) is 4.21. The summed E-state index contributed by atoms with van der Waals surface area (Å²) in [5, 5.41) is 9.42. The number of likely N-dealkylation sites (N-methyl/N-ethyl adjacent to an activating group) is 1. The van der Waals surface area contributed by atoms with Crippen LogP contribution in [0.2, 0.25) is 0 Å². The van der Waals surface area contributed by atoms with Crippen molar-refractivity contribution in [1.29, 1.82) is 0 Å². The Bertz CT molecular complexity index is 154. The van der Waals surface area contributed by atoms with Crippen LogP contribution < -0.4 is 4.70 Å². The van der Waals surface area contributed by atoms with E-state index in [9.17, 15) is 9.90 Å². The van der Waals surface area contributed by atoms with Gasteiger partial charge in [0.15, 0.2) is 11.9 Å². The zero-order valence-corrected chi connectivity index (χ0v) is 8.88. The van der Waals surface area contributed by atoms with Crippen molar-refractivity contribution in [3.63, 3.8) is 0 Å². The van der Waals surface area contributed by atoms with Gasteiger partial charge in [0, 0.05) is 6.42 Å². The molecule has 0 saturated heterocycles. The van der Waals surface area contributed by atoms with Gasteiger partial charge in [-0.25, -0.2) is 0 Å². The van der Waals surface area contributed by atoms with Gasteiger partial charge in [-0.3, -0.25) is 4.79 Å². The van der Waals surface area contributed by atoms with E-state index in [0.29, 0.717) is 17.4 Å². The number of aliphatic hydroxyl groups excluding tert-OH is 1. The Balaban J connectivity index is 0. The fraction of sp³-hybridized carbons (Fsp3) is 0.889. The van der Waals surface area contributed by atoms with Crippen molar-refractivity contribution in [3.05, 3.63) is 0 Å². The summed E-state index contributed by atoms with van der Waals surface area (Å²) in [6.45, 7) is 2.44. The van der Waals surface area contributed by atoms with Gasteiger partial charge in [-0.05, 0) is 6.42 Å². The predicted molar refractivity (Wildman–Crippen MR) is 48.8 cm³/mol. The molecule has 0 bridgehead atoms. The number of Topliss-reactive ketones (excluding diaryl/α,β-unsaturated/α-hetero) is 1. The minimum Gasteiger partial charge on any atom is -1.00 e. The molecule has 0 spiro atoms. The van der Waals surface area contributed by atoms with Gasteiger partial charge in [-0.15, -0.1) is 0 Å². The average Bonchev–Trinajstić information content (AvgIpc) is 1.84. The van der Waals surface area contributed by atoms with Crippen LogP contribution in [0.5, 0.6) is 0 Å². The first-order valence-corrected chi connectivity index (χ1v) is 4.38. The highest BCUT2D eigenvalue weighted by Crippen LogP contribution is 2.00. The van der Waals surface area contributed by atoms with Crippen LogP contribution in [0.15, 0.2) is 0 Å². The number of hydrogen-bond acceptors (Lipinski definition) is 2. The van der Waals surface area contributed by atoms with Gasteiger partial charge in [-0.2, -0.15) is 0 Å². The van der Waals surface area contributed by atoms with Crippen LogP contribution in [-0.2, 0) is 4.79 Å². The van der Waals surface area contributed by atoms with Gasteiger partial charge in [0.05, 0.1) is 21.1 Å². The molecular weight excluding hydrogens is 173 g/mol. The topological polar surface area (TPSA) is 37.3 Å². The van der Waals surface area contributed by atoms with Crippen molar-refractivity contribution in [3.8, 4) is 0 Å². The van der Waals surface area contributed by atoms with Crippen molar-refractivity contribution >= 4 is 5.78 Å². The highest BCUT2D eigenvalue weighted by Gasteiger charge is 2.21. The maximum Gasteiger partial charge on any atom is 0.167 e. The van der Waals surface area contributed by atoms with Crippen molar-refractivity contribution < 1.29 is 19.1 Å². The number of nitrogens with zero attached hydrogens (tertiary/aromatic N) is 1. The van der Waals surface area contributed by atoms with E-state index < -0.39 is 6.10 Å². The Morgan fingerprint density at radius 3 is 2.15 bits per heavy atom. The molecule has 3 nitrogen and oxygen atoms in total. The number of quaternary nitrogens is 1. The molecule has 13 heavy (non-hydrogen) atoms. The number of aliphatic hydroxyl groups is 1. The van der Waals surface area contributed by atoms with Gasteiger partial charge < -0.3 is 14.3 Å². The van der Waals surface area contributed by atoms with E-state index >= 15 is 0 Å². The Kier molecular flexibility index (Phi) is 6.98. The molecule has 1 atom stereocenters. The summed E-state index contributed by atoms with van der Waals surface area (Å²) >= 11 is 0. The van der Waals surface area contributed by atoms with Gasteiger partial charge in [0.1, 0.15) is 6.54 Å². The molecule has 1 N–H and O–H groups in total. The predicted octanol–water partition coefficient (Wildman–Crippen LogP) is -2.57. The zero-order valence-electron chi connectivity index (χ0n) is 8.88. The van der Waals surface area contributed by atoms with E-state index in [1.54, 1.807) is 0 Å². The third-order valence-corrected chi connectivity index (χ3v) is 1.59. The molecule has 80 valence electrons. The number of halogens is 1. The van der Waals surface area contributed by atoms with Crippen molar-refractivity contribution in [2.75, 3.05) is 27.7 Å². The van der Waals surface area contributed by atoms with Crippen LogP contribution in [0.25, 0.3) is 0 Å². The molecule has 1 unspecified atom stereocenters. The van der Waals surface area contributed by atoms with Crippen LogP contribution in [-0.4, -0.2) is 49.2 Å². The maximum atomic E-state index is 11.2. The first-order valence-electron chi connectivity index (χ1n) is 4.38. The summed E-state index contributed by atoms with van der Waals surface area (Å²) in [5.74, 6) is -0.0365. The molecule has 0 aliphatic rings. The van der Waals surface area contributed by atoms with Crippen LogP contribution in [0.4, 0.5) is 0 Å². The molecule has 0 aromatic heterocycles. The number of rotatable bonds is 5. The first-order chi connectivity index (χ1) is 5.37. The minimum absolute atomic E-state index is 0. The van der Waals surface area contributed by atoms with E-state index in [1.807, 2.05) is 28.1 Å². The van der Waals surface area contributed by atoms with Gasteiger partial charge >= 0.3 is 0 Å². The Morgan fingerprint density at radius 1 is 1.38 bits per heavy atom. The molecule has 0 radical (unpaired) electrons. The minimum atomic E-state index is -0.787. The number of carbonyl (C=O) groups is 1. The molecular formula is C9H20FNO2. The molecule has 0 amide bonds. The zero-order chi connectivity index (χ0) is 9.78. The number of hydrogen-bond donors (Lipinski definition) is 1. The molecule has 0 fully saturated rings. The first kappa shape index (κ1) is 15.0. The summed E-state index contributed by atoms with van der Waals surface area (Å²) in [7, 11) is 5.88. The SMILES string of the molecule is CCCC(=O)C(O)C[N+](C)(C)C.[F-]. The lowest BCUT2D eigenvalue weighted by Crippen LogP contribution is -3.00. The summed E-state index contributed by atoms with van der Waals surface area (Å²) in [5.41, 5.74) is 0. The van der Waals surface area contributed by atoms with E-state index in [2.05, 4.69) is 0 Å². The molecule has 0 saturated carbocycles. The van der Waals surface area contributed by atoms with Crippen LogP contribution >= 0.6 is 0 Å². The Morgan fingerprint density at radius 2 is 1.85 bits per heavy atom. The lowest BCUT2D eigenvalue weighted by atomic mass is 10.1. The Labute approximate surface area is 79.3 Å². The highest BCUT2D eigenvalue weighted by molar-refractivity contribution is 5.82. The second kappa shape index (κ2) is 6.05. The lowest BCUT2D eigenvalue weighted by molar-refractivity contribution is -0.872. The maximum absolute atomic E-state index is 11.2. The molecule has 0 aromatic carbocycles. The van der Waals surface area contributed by atoms with E-state index in [1.165, 1.54) is 0 Å². The fourth-order valence-electron chi connectivity index (χ4n) is 1.03. The van der Waals surface area contributed by atoms with Gasteiger partial charge in [-0.1, -0.05) is 6.92 Å². The van der Waals surface area contributed by atoms with Gasteiger partial charge in [0.25, 0.3) is 0 Å². The van der Waals surface area contributed by atoms with Crippen LogP contribution in [0.3, 0.4) is 0 Å². The number of carbonyl (C=O) groups excluding carboxylic acids is 1. The average molecular weight is 193 g/mol. The quantitative estimate of drug-likeness (QED) is 0.487. The second-order valence-corrected chi connectivity index (χ2v) is 4.21. The van der Waals surface area contributed by atoms with Crippen molar-refractivity contribution in [2.45, 2.75) is 25.9 Å². The van der Waals surface area contributed by atoms with Crippen molar-refractivity contribution in [1.82, 2.24) is 0 Å². The number of ketones is 1. The Hall–Kier alpha value is -0.480. The molecule has 4 heteroatoms. The lowest BCUT2D eigenvalue weighted by Gasteiger charge is -2.26. The normalized spacial score (nSPS) is 13.3. The fourth-order valence-corrected chi connectivity index (χ4v) is 1.03. The van der Waals surface area contributed by atoms with E-state index in [4.69, 9.17) is 0 Å². The third-order valence-electron chi connectivity index (χ3n) is 1.59. The van der Waals surface area contributed by atoms with Crippen molar-refractivity contribution in [2.24, 2.45) is 0 Å². The summed E-state index contributed by atoms with van der Waals surface area (Å²) < 4.78 is 0.622. The smallest absolute Gasteiger partial charge is 0.167 e. The molecule has 0 heterocycles. The molecule has 0 aromatic rings. The summed E-state index contributed by atoms with van der Waals surface area (Å²) in [6, 6.07) is 0. The summed E-state index contributed by atoms with van der Waals surface area (Å²) in [4.78, 5) is 11.2. The molecule has 0 aliphatic carbocycles. The standard InChI is InChI=1S/C9H20NO2.FH/c1-5-6-8(11)9(12)7-10(2,3)4;/h9,12H,5-7H2,1-4H3;1H/q+1;/p-1. The monoisotopic (exact) mass is 193 g/mol. The summed E-state index contributed by atoms with van der Waals surface area (Å²) in [6.07, 6.45) is 0.513. The third kappa shape index (κ3) is 7.87. The van der Waals surface area contributed by atoms with Gasteiger partial charge in [0.2, 0.25) is 0 Å². The van der Waals surface area contributed by atoms with E-state index in [0.717, 1.165) is 6.42 Å². The molecule has 0 aliphatic heterocycles. The molecule has 0 rings (SSSR count).